The van der Waals surface area contributed by atoms with Crippen molar-refractivity contribution >= 4 is 11.8 Å². The second-order valence-corrected chi connectivity index (χ2v) is 4.78. The number of nitrogens with zero attached hydrogens (tertiary/aromatic N) is 2. The highest BCUT2D eigenvalue weighted by atomic mass is 16.5. The number of carbonyl (C=O) groups is 1. The van der Waals surface area contributed by atoms with Crippen molar-refractivity contribution in [2.75, 3.05) is 19.0 Å². The number of anilines is 1. The largest absolute Gasteiger partial charge is 0.493 e. The molecule has 0 fully saturated rings. The van der Waals surface area contributed by atoms with Crippen molar-refractivity contribution in [2.24, 2.45) is 0 Å². The molecule has 122 valence electrons. The third-order valence-electron chi connectivity index (χ3n) is 3.03. The van der Waals surface area contributed by atoms with Crippen LogP contribution in [0.15, 0.2) is 30.6 Å². The predicted octanol–water partition coefficient (Wildman–Crippen LogP) is 2.58. The second kappa shape index (κ2) is 7.98. The number of methoxy groups -OCH3 is 1. The smallest absolute Gasteiger partial charge is 0.356 e. The van der Waals surface area contributed by atoms with E-state index >= 15 is 0 Å². The predicted molar refractivity (Wildman–Crippen MR) is 85.1 cm³/mol. The van der Waals surface area contributed by atoms with Crippen LogP contribution in [0.4, 0.5) is 5.82 Å². The summed E-state index contributed by atoms with van der Waals surface area (Å²) < 4.78 is 10.9. The third-order valence-corrected chi connectivity index (χ3v) is 3.03. The van der Waals surface area contributed by atoms with E-state index in [2.05, 4.69) is 15.3 Å². The van der Waals surface area contributed by atoms with E-state index in [4.69, 9.17) is 14.6 Å². The molecular formula is C16H19N3O4. The first-order valence-electron chi connectivity index (χ1n) is 7.23. The fourth-order valence-corrected chi connectivity index (χ4v) is 1.88. The summed E-state index contributed by atoms with van der Waals surface area (Å²) in [7, 11) is 1.60. The zero-order valence-corrected chi connectivity index (χ0v) is 13.1. The first-order valence-corrected chi connectivity index (χ1v) is 7.23. The SMILES string of the molecule is CCCOc1ccc(CNc2cnc(C(=O)O)cn2)cc1OC. The lowest BCUT2D eigenvalue weighted by molar-refractivity contribution is 0.0690. The minimum absolute atomic E-state index is 0.0883. The summed E-state index contributed by atoms with van der Waals surface area (Å²) in [4.78, 5) is 18.5. The Hall–Kier alpha value is -2.83. The van der Waals surface area contributed by atoms with Gasteiger partial charge in [-0.05, 0) is 24.1 Å². The van der Waals surface area contributed by atoms with Crippen LogP contribution in [0.3, 0.4) is 0 Å². The highest BCUT2D eigenvalue weighted by Crippen LogP contribution is 2.28. The van der Waals surface area contributed by atoms with Crippen molar-refractivity contribution < 1.29 is 19.4 Å². The van der Waals surface area contributed by atoms with Gasteiger partial charge in [0.1, 0.15) is 5.82 Å². The number of carboxylic acids is 1. The van der Waals surface area contributed by atoms with E-state index in [1.54, 1.807) is 7.11 Å². The van der Waals surface area contributed by atoms with Gasteiger partial charge in [-0.1, -0.05) is 13.0 Å². The van der Waals surface area contributed by atoms with E-state index in [1.807, 2.05) is 25.1 Å². The van der Waals surface area contributed by atoms with Crippen molar-refractivity contribution in [3.63, 3.8) is 0 Å². The van der Waals surface area contributed by atoms with Gasteiger partial charge < -0.3 is 19.9 Å². The highest BCUT2D eigenvalue weighted by Gasteiger charge is 2.07. The molecule has 0 atom stereocenters. The van der Waals surface area contributed by atoms with E-state index in [9.17, 15) is 4.79 Å². The molecule has 0 aliphatic rings. The van der Waals surface area contributed by atoms with Gasteiger partial charge in [-0.15, -0.1) is 0 Å². The summed E-state index contributed by atoms with van der Waals surface area (Å²) in [6, 6.07) is 5.68. The molecule has 7 nitrogen and oxygen atoms in total. The first-order chi connectivity index (χ1) is 11.1. The number of aromatic carboxylic acids is 1. The number of benzene rings is 1. The van der Waals surface area contributed by atoms with Crippen LogP contribution in [0.25, 0.3) is 0 Å². The van der Waals surface area contributed by atoms with Gasteiger partial charge in [0, 0.05) is 6.54 Å². The van der Waals surface area contributed by atoms with Crippen LogP contribution >= 0.6 is 0 Å². The number of carboxylic acid groups (broad SMARTS) is 1. The molecule has 23 heavy (non-hydrogen) atoms. The first kappa shape index (κ1) is 16.5. The number of hydrogen-bond acceptors (Lipinski definition) is 6. The van der Waals surface area contributed by atoms with E-state index in [0.29, 0.717) is 30.5 Å². The van der Waals surface area contributed by atoms with E-state index in [0.717, 1.165) is 12.0 Å². The van der Waals surface area contributed by atoms with Gasteiger partial charge in [-0.25, -0.2) is 14.8 Å². The maximum Gasteiger partial charge on any atom is 0.356 e. The lowest BCUT2D eigenvalue weighted by atomic mass is 10.2. The van der Waals surface area contributed by atoms with Crippen LogP contribution in [0, 0.1) is 0 Å². The quantitative estimate of drug-likeness (QED) is 0.772. The van der Waals surface area contributed by atoms with Gasteiger partial charge in [0.05, 0.1) is 26.1 Å². The summed E-state index contributed by atoms with van der Waals surface area (Å²) in [6.07, 6.45) is 3.53. The van der Waals surface area contributed by atoms with Crippen molar-refractivity contribution in [2.45, 2.75) is 19.9 Å². The minimum atomic E-state index is -1.10. The van der Waals surface area contributed by atoms with Crippen LogP contribution in [0.5, 0.6) is 11.5 Å². The number of aromatic nitrogens is 2. The topological polar surface area (TPSA) is 93.6 Å². The Labute approximate surface area is 134 Å². The summed E-state index contributed by atoms with van der Waals surface area (Å²) in [6.45, 7) is 3.19. The van der Waals surface area contributed by atoms with Gasteiger partial charge in [-0.3, -0.25) is 0 Å². The molecule has 2 N–H and O–H groups in total. The molecule has 0 spiro atoms. The fraction of sp³-hybridized carbons (Fsp3) is 0.312. The zero-order chi connectivity index (χ0) is 16.7. The van der Waals surface area contributed by atoms with Gasteiger partial charge in [0.15, 0.2) is 17.2 Å². The molecule has 2 rings (SSSR count). The maximum atomic E-state index is 10.7. The van der Waals surface area contributed by atoms with E-state index < -0.39 is 5.97 Å². The molecule has 2 aromatic rings. The van der Waals surface area contributed by atoms with Crippen molar-refractivity contribution in [3.05, 3.63) is 41.9 Å². The second-order valence-electron chi connectivity index (χ2n) is 4.78. The highest BCUT2D eigenvalue weighted by molar-refractivity contribution is 5.84. The molecule has 0 bridgehead atoms. The van der Waals surface area contributed by atoms with Crippen molar-refractivity contribution in [1.29, 1.82) is 0 Å². The third kappa shape index (κ3) is 4.57. The van der Waals surface area contributed by atoms with Crippen LogP contribution < -0.4 is 14.8 Å². The molecule has 0 amide bonds. The average Bonchev–Trinajstić information content (AvgIpc) is 2.58. The summed E-state index contributed by atoms with van der Waals surface area (Å²) in [5.41, 5.74) is 0.893. The summed E-state index contributed by atoms with van der Waals surface area (Å²) in [5.74, 6) is 0.783. The molecule has 0 saturated carbocycles. The normalized spacial score (nSPS) is 10.2. The lowest BCUT2D eigenvalue weighted by Gasteiger charge is -2.12. The van der Waals surface area contributed by atoms with Gasteiger partial charge in [0.2, 0.25) is 0 Å². The minimum Gasteiger partial charge on any atom is -0.493 e. The number of rotatable bonds is 8. The maximum absolute atomic E-state index is 10.7. The van der Waals surface area contributed by atoms with Crippen LogP contribution in [0.2, 0.25) is 0 Å². The Morgan fingerprint density at radius 2 is 2.09 bits per heavy atom. The molecule has 7 heteroatoms. The fourth-order valence-electron chi connectivity index (χ4n) is 1.88. The molecule has 0 aliphatic carbocycles. The molecule has 1 aromatic carbocycles. The van der Waals surface area contributed by atoms with Gasteiger partial charge in [-0.2, -0.15) is 0 Å². The number of nitrogens with one attached hydrogen (secondary N) is 1. The summed E-state index contributed by atoms with van der Waals surface area (Å²) in [5, 5.41) is 11.9. The molecule has 1 aromatic heterocycles. The van der Waals surface area contributed by atoms with E-state index in [-0.39, 0.29) is 5.69 Å². The number of hydrogen-bond donors (Lipinski definition) is 2. The van der Waals surface area contributed by atoms with Crippen molar-refractivity contribution in [3.8, 4) is 11.5 Å². The van der Waals surface area contributed by atoms with Gasteiger partial charge in [0.25, 0.3) is 0 Å². The van der Waals surface area contributed by atoms with Crippen molar-refractivity contribution in [1.82, 2.24) is 9.97 Å². The summed E-state index contributed by atoms with van der Waals surface area (Å²) >= 11 is 0. The Balaban J connectivity index is 2.01. The average molecular weight is 317 g/mol. The molecular weight excluding hydrogens is 298 g/mol. The van der Waals surface area contributed by atoms with Crippen LogP contribution in [-0.4, -0.2) is 34.8 Å². The van der Waals surface area contributed by atoms with Crippen LogP contribution in [-0.2, 0) is 6.54 Å². The molecule has 0 saturated heterocycles. The molecule has 1 heterocycles. The molecule has 0 radical (unpaired) electrons. The Bertz CT molecular complexity index is 659. The lowest BCUT2D eigenvalue weighted by Crippen LogP contribution is -2.06. The zero-order valence-electron chi connectivity index (χ0n) is 13.1. The Morgan fingerprint density at radius 3 is 2.70 bits per heavy atom. The standard InChI is InChI=1S/C16H19N3O4/c1-3-6-23-13-5-4-11(7-14(13)22-2)8-18-15-10-17-12(9-19-15)16(20)21/h4-5,7,9-10H,3,6,8H2,1-2H3,(H,18,19)(H,20,21). The molecule has 0 aliphatic heterocycles. The van der Waals surface area contributed by atoms with Gasteiger partial charge >= 0.3 is 5.97 Å². The van der Waals surface area contributed by atoms with E-state index in [1.165, 1.54) is 12.4 Å². The molecule has 0 unspecified atom stereocenters. The van der Waals surface area contributed by atoms with Crippen LogP contribution in [0.1, 0.15) is 29.4 Å². The Kier molecular flexibility index (Phi) is 5.74. The monoisotopic (exact) mass is 317 g/mol. The Morgan fingerprint density at radius 1 is 1.26 bits per heavy atom. The number of ether oxygens (including phenoxy) is 2.